The molecule has 0 N–H and O–H groups in total. The molecule has 0 heterocycles. The number of benzene rings is 1. The summed E-state index contributed by atoms with van der Waals surface area (Å²) in [6.45, 7) is 8.71. The van der Waals surface area contributed by atoms with Crippen molar-refractivity contribution in [1.29, 1.82) is 0 Å². The Morgan fingerprint density at radius 1 is 1.07 bits per heavy atom. The molecule has 1 aromatic carbocycles. The monoisotopic (exact) mass is 189 g/mol. The average molecular weight is 189 g/mol. The van der Waals surface area contributed by atoms with E-state index in [2.05, 4.69) is 50.0 Å². The van der Waals surface area contributed by atoms with E-state index < -0.39 is 0 Å². The van der Waals surface area contributed by atoms with Crippen molar-refractivity contribution >= 4 is 5.71 Å². The summed E-state index contributed by atoms with van der Waals surface area (Å²) in [5.41, 5.74) is 3.90. The first-order valence-corrected chi connectivity index (χ1v) is 4.99. The topological polar surface area (TPSA) is 12.4 Å². The van der Waals surface area contributed by atoms with Crippen LogP contribution in [0, 0.1) is 0 Å². The van der Waals surface area contributed by atoms with Crippen molar-refractivity contribution in [3.8, 4) is 0 Å². The van der Waals surface area contributed by atoms with Gasteiger partial charge in [-0.3, -0.25) is 4.99 Å². The van der Waals surface area contributed by atoms with Gasteiger partial charge in [0.15, 0.2) is 0 Å². The minimum atomic E-state index is 0.232. The van der Waals surface area contributed by atoms with Crippen LogP contribution in [-0.4, -0.2) is 12.8 Å². The number of aliphatic imine (C=N–C) groups is 1. The van der Waals surface area contributed by atoms with Gasteiger partial charge in [0.2, 0.25) is 0 Å². The number of nitrogens with zero attached hydrogens (tertiary/aromatic N) is 1. The van der Waals surface area contributed by atoms with Gasteiger partial charge in [0.1, 0.15) is 0 Å². The largest absolute Gasteiger partial charge is 0.293 e. The molecule has 1 rings (SSSR count). The van der Waals surface area contributed by atoms with Crippen molar-refractivity contribution in [2.75, 3.05) is 7.05 Å². The molecule has 0 spiro atoms. The summed E-state index contributed by atoms with van der Waals surface area (Å²) < 4.78 is 0. The predicted octanol–water partition coefficient (Wildman–Crippen LogP) is 3.42. The molecule has 1 aromatic rings. The second-order valence-electron chi connectivity index (χ2n) is 4.64. The molecule has 0 radical (unpaired) electrons. The quantitative estimate of drug-likeness (QED) is 0.600. The van der Waals surface area contributed by atoms with Crippen molar-refractivity contribution in [1.82, 2.24) is 0 Å². The Morgan fingerprint density at radius 3 is 1.93 bits per heavy atom. The Hall–Kier alpha value is -1.11. The van der Waals surface area contributed by atoms with Crippen molar-refractivity contribution in [3.05, 3.63) is 35.4 Å². The van der Waals surface area contributed by atoms with Gasteiger partial charge in [-0.25, -0.2) is 0 Å². The highest BCUT2D eigenvalue weighted by Gasteiger charge is 2.12. The molecule has 0 amide bonds. The number of hydrogen-bond donors (Lipinski definition) is 0. The molecule has 0 aromatic heterocycles. The average Bonchev–Trinajstić information content (AvgIpc) is 2.15. The van der Waals surface area contributed by atoms with Crippen molar-refractivity contribution in [2.24, 2.45) is 4.99 Å². The summed E-state index contributed by atoms with van der Waals surface area (Å²) in [5.74, 6) is 0. The lowest BCUT2D eigenvalue weighted by Gasteiger charge is -2.19. The van der Waals surface area contributed by atoms with Crippen LogP contribution in [0.1, 0.15) is 38.8 Å². The van der Waals surface area contributed by atoms with Crippen LogP contribution in [0.3, 0.4) is 0 Å². The maximum absolute atomic E-state index is 4.17. The fraction of sp³-hybridized carbons (Fsp3) is 0.462. The zero-order valence-corrected chi connectivity index (χ0v) is 9.76. The van der Waals surface area contributed by atoms with Gasteiger partial charge in [0.05, 0.1) is 0 Å². The fourth-order valence-corrected chi connectivity index (χ4v) is 1.34. The van der Waals surface area contributed by atoms with E-state index in [0.29, 0.717) is 0 Å². The van der Waals surface area contributed by atoms with E-state index >= 15 is 0 Å². The third-order valence-electron chi connectivity index (χ3n) is 2.50. The first kappa shape index (κ1) is 11.0. The normalized spacial score (nSPS) is 13.1. The Morgan fingerprint density at radius 2 is 1.57 bits per heavy atom. The summed E-state index contributed by atoms with van der Waals surface area (Å²) in [4.78, 5) is 4.17. The summed E-state index contributed by atoms with van der Waals surface area (Å²) >= 11 is 0. The molecule has 0 bridgehead atoms. The van der Waals surface area contributed by atoms with E-state index in [-0.39, 0.29) is 5.41 Å². The van der Waals surface area contributed by atoms with Gasteiger partial charge in [-0.2, -0.15) is 0 Å². The maximum Gasteiger partial charge on any atom is 0.0386 e. The van der Waals surface area contributed by atoms with Crippen molar-refractivity contribution in [2.45, 2.75) is 33.1 Å². The van der Waals surface area contributed by atoms with E-state index in [4.69, 9.17) is 0 Å². The highest BCUT2D eigenvalue weighted by Crippen LogP contribution is 2.22. The van der Waals surface area contributed by atoms with E-state index in [9.17, 15) is 0 Å². The smallest absolute Gasteiger partial charge is 0.0386 e. The minimum absolute atomic E-state index is 0.232. The lowest BCUT2D eigenvalue weighted by atomic mass is 9.86. The predicted molar refractivity (Wildman–Crippen MR) is 63.3 cm³/mol. The molecule has 76 valence electrons. The van der Waals surface area contributed by atoms with Crippen LogP contribution >= 0.6 is 0 Å². The van der Waals surface area contributed by atoms with E-state index in [1.54, 1.807) is 0 Å². The lowest BCUT2D eigenvalue weighted by Crippen LogP contribution is -2.11. The molecule has 14 heavy (non-hydrogen) atoms. The number of hydrogen-bond acceptors (Lipinski definition) is 1. The summed E-state index contributed by atoms with van der Waals surface area (Å²) in [7, 11) is 1.83. The van der Waals surface area contributed by atoms with Crippen LogP contribution in [0.15, 0.2) is 29.3 Å². The van der Waals surface area contributed by atoms with Gasteiger partial charge in [-0.05, 0) is 23.5 Å². The van der Waals surface area contributed by atoms with Crippen LogP contribution in [0.5, 0.6) is 0 Å². The van der Waals surface area contributed by atoms with Gasteiger partial charge in [-0.1, -0.05) is 45.0 Å². The summed E-state index contributed by atoms with van der Waals surface area (Å²) in [5, 5.41) is 0. The van der Waals surface area contributed by atoms with E-state index in [0.717, 1.165) is 5.71 Å². The number of rotatable bonds is 1. The Bertz CT molecular complexity index is 325. The van der Waals surface area contributed by atoms with Gasteiger partial charge >= 0.3 is 0 Å². The van der Waals surface area contributed by atoms with Gasteiger partial charge in [0.25, 0.3) is 0 Å². The second kappa shape index (κ2) is 3.95. The molecule has 0 aliphatic rings. The molecule has 0 saturated carbocycles. The third kappa shape index (κ3) is 2.44. The van der Waals surface area contributed by atoms with Gasteiger partial charge < -0.3 is 0 Å². The van der Waals surface area contributed by atoms with Crippen LogP contribution in [0.25, 0.3) is 0 Å². The van der Waals surface area contributed by atoms with Gasteiger partial charge in [-0.15, -0.1) is 0 Å². The molecule has 0 unspecified atom stereocenters. The Balaban J connectivity index is 3.01. The third-order valence-corrected chi connectivity index (χ3v) is 2.50. The van der Waals surface area contributed by atoms with E-state index in [1.165, 1.54) is 11.1 Å². The molecule has 0 fully saturated rings. The molecule has 0 aliphatic carbocycles. The van der Waals surface area contributed by atoms with E-state index in [1.807, 2.05) is 14.0 Å². The fourth-order valence-electron chi connectivity index (χ4n) is 1.34. The standard InChI is InChI=1S/C13H19N/c1-10(14-5)11-6-8-12(9-7-11)13(2,3)4/h6-9H,1-5H3. The SMILES string of the molecule is CN=C(C)c1ccc(C(C)(C)C)cc1. The van der Waals surface area contributed by atoms with Crippen molar-refractivity contribution < 1.29 is 0 Å². The van der Waals surface area contributed by atoms with Crippen molar-refractivity contribution in [3.63, 3.8) is 0 Å². The molecule has 0 atom stereocenters. The zero-order valence-electron chi connectivity index (χ0n) is 9.76. The highest BCUT2D eigenvalue weighted by molar-refractivity contribution is 5.98. The zero-order chi connectivity index (χ0) is 10.8. The second-order valence-corrected chi connectivity index (χ2v) is 4.64. The Labute approximate surface area is 86.9 Å². The molecular formula is C13H19N. The van der Waals surface area contributed by atoms with Crippen LogP contribution in [0.4, 0.5) is 0 Å². The van der Waals surface area contributed by atoms with Gasteiger partial charge in [0, 0.05) is 12.8 Å². The summed E-state index contributed by atoms with van der Waals surface area (Å²) in [6, 6.07) is 8.65. The van der Waals surface area contributed by atoms with Crippen LogP contribution < -0.4 is 0 Å². The molecule has 1 nitrogen and oxygen atoms in total. The van der Waals surface area contributed by atoms with Crippen LogP contribution in [0.2, 0.25) is 0 Å². The Kier molecular flexibility index (Phi) is 3.10. The maximum atomic E-state index is 4.17. The summed E-state index contributed by atoms with van der Waals surface area (Å²) in [6.07, 6.45) is 0. The molecule has 0 aliphatic heterocycles. The molecular weight excluding hydrogens is 170 g/mol. The highest BCUT2D eigenvalue weighted by atomic mass is 14.7. The lowest BCUT2D eigenvalue weighted by molar-refractivity contribution is 0.590. The minimum Gasteiger partial charge on any atom is -0.293 e. The van der Waals surface area contributed by atoms with Crippen LogP contribution in [-0.2, 0) is 5.41 Å². The first-order valence-electron chi connectivity index (χ1n) is 4.99. The molecule has 1 heteroatoms. The molecule has 0 saturated heterocycles. The first-order chi connectivity index (χ1) is 6.45.